The molecule has 1 nitrogen and oxygen atoms in total. The van der Waals surface area contributed by atoms with E-state index in [0.717, 1.165) is 12.1 Å². The summed E-state index contributed by atoms with van der Waals surface area (Å²) in [5.41, 5.74) is 0. The van der Waals surface area contributed by atoms with Crippen molar-refractivity contribution in [1.29, 1.82) is 0 Å². The molecule has 0 aromatic carbocycles. The first-order valence-corrected chi connectivity index (χ1v) is 1.82. The fraction of sp³-hybridized carbons (Fsp3) is 0.333. The maximum absolute atomic E-state index is 6.95. The Morgan fingerprint density at radius 1 is 1.43 bits per heavy atom. The SMILES string of the molecule is [2H]C([2H])([2H])c1ccc(C([2H])([2H])[2H])o1. The van der Waals surface area contributed by atoms with Crippen LogP contribution in [0.3, 0.4) is 0 Å². The van der Waals surface area contributed by atoms with E-state index in [1.165, 1.54) is 0 Å². The predicted octanol–water partition coefficient (Wildman–Crippen LogP) is 1.90. The summed E-state index contributed by atoms with van der Waals surface area (Å²) in [5.74, 6) is -0.586. The van der Waals surface area contributed by atoms with Gasteiger partial charge in [-0.05, 0) is 25.8 Å². The lowest BCUT2D eigenvalue weighted by atomic mass is 10.5. The predicted molar refractivity (Wildman–Crippen MR) is 28.2 cm³/mol. The van der Waals surface area contributed by atoms with Gasteiger partial charge in [-0.3, -0.25) is 0 Å². The highest BCUT2D eigenvalue weighted by atomic mass is 16.3. The maximum atomic E-state index is 6.95. The van der Waals surface area contributed by atoms with Gasteiger partial charge in [0.2, 0.25) is 0 Å². The third kappa shape index (κ3) is 0.829. The van der Waals surface area contributed by atoms with Gasteiger partial charge in [0.05, 0.1) is 0 Å². The molecular weight excluding hydrogens is 88.1 g/mol. The average molecular weight is 102 g/mol. The zero-order chi connectivity index (χ0) is 10.3. The first-order valence-electron chi connectivity index (χ1n) is 4.82. The molecule has 1 aromatic rings. The first-order chi connectivity index (χ1) is 5.71. The van der Waals surface area contributed by atoms with Gasteiger partial charge in [0.15, 0.2) is 0 Å². The fourth-order valence-electron chi connectivity index (χ4n) is 0.338. The van der Waals surface area contributed by atoms with Gasteiger partial charge >= 0.3 is 0 Å². The van der Waals surface area contributed by atoms with Crippen LogP contribution in [0.1, 0.15) is 19.7 Å². The number of aryl methyl sites for hydroxylation is 2. The molecule has 0 N–H and O–H groups in total. The zero-order valence-electron chi connectivity index (χ0n) is 9.56. The van der Waals surface area contributed by atoms with Crippen molar-refractivity contribution >= 4 is 0 Å². The summed E-state index contributed by atoms with van der Waals surface area (Å²) in [6.07, 6.45) is 0. The van der Waals surface area contributed by atoms with Crippen molar-refractivity contribution in [3.63, 3.8) is 0 Å². The van der Waals surface area contributed by atoms with Crippen LogP contribution in [0.5, 0.6) is 0 Å². The molecule has 0 bridgehead atoms. The molecule has 0 radical (unpaired) electrons. The zero-order valence-corrected chi connectivity index (χ0v) is 3.56. The summed E-state index contributed by atoms with van der Waals surface area (Å²) in [7, 11) is 0. The van der Waals surface area contributed by atoms with Gasteiger partial charge in [-0.15, -0.1) is 0 Å². The molecule has 1 heterocycles. The molecule has 0 spiro atoms. The van der Waals surface area contributed by atoms with E-state index in [1.54, 1.807) is 0 Å². The number of furan rings is 1. The van der Waals surface area contributed by atoms with Crippen molar-refractivity contribution in [2.45, 2.75) is 13.7 Å². The lowest BCUT2D eigenvalue weighted by molar-refractivity contribution is 0.504. The highest BCUT2D eigenvalue weighted by Gasteiger charge is 1.85. The van der Waals surface area contributed by atoms with E-state index < -0.39 is 13.7 Å². The third-order valence-corrected chi connectivity index (χ3v) is 0.606. The minimum absolute atomic E-state index is 0.293. The average Bonchev–Trinajstić information content (AvgIpc) is 2.28. The number of rotatable bonds is 0. The Hall–Kier alpha value is -0.720. The van der Waals surface area contributed by atoms with Crippen LogP contribution in [0.15, 0.2) is 16.5 Å². The van der Waals surface area contributed by atoms with Crippen molar-refractivity contribution in [2.75, 3.05) is 0 Å². The van der Waals surface area contributed by atoms with E-state index in [1.807, 2.05) is 0 Å². The van der Waals surface area contributed by atoms with Crippen LogP contribution in [0.4, 0.5) is 0 Å². The lowest BCUT2D eigenvalue weighted by Crippen LogP contribution is -1.53. The van der Waals surface area contributed by atoms with Gasteiger partial charge in [-0.25, -0.2) is 0 Å². The molecule has 1 heteroatoms. The molecule has 0 unspecified atom stereocenters. The lowest BCUT2D eigenvalue weighted by Gasteiger charge is -1.76. The molecule has 0 fully saturated rings. The van der Waals surface area contributed by atoms with E-state index in [-0.39, 0.29) is 11.5 Å². The monoisotopic (exact) mass is 102 g/mol. The second kappa shape index (κ2) is 1.41. The van der Waals surface area contributed by atoms with Crippen LogP contribution >= 0.6 is 0 Å². The molecule has 7 heavy (non-hydrogen) atoms. The van der Waals surface area contributed by atoms with E-state index in [4.69, 9.17) is 8.22 Å². The van der Waals surface area contributed by atoms with Gasteiger partial charge in [0.1, 0.15) is 11.5 Å². The second-order valence-corrected chi connectivity index (χ2v) is 1.16. The molecule has 0 aliphatic carbocycles. The van der Waals surface area contributed by atoms with E-state index in [9.17, 15) is 0 Å². The Labute approximate surface area is 51.4 Å². The molecule has 1 rings (SSSR count). The summed E-state index contributed by atoms with van der Waals surface area (Å²) >= 11 is 0. The molecule has 1 aromatic heterocycles. The minimum atomic E-state index is -2.39. The van der Waals surface area contributed by atoms with E-state index >= 15 is 0 Å². The molecule has 38 valence electrons. The molecule has 0 amide bonds. The van der Waals surface area contributed by atoms with Gasteiger partial charge < -0.3 is 4.42 Å². The Morgan fingerprint density at radius 2 is 2.00 bits per heavy atom. The quantitative estimate of drug-likeness (QED) is 0.487. The van der Waals surface area contributed by atoms with E-state index in [2.05, 4.69) is 4.42 Å². The van der Waals surface area contributed by atoms with Crippen molar-refractivity contribution in [2.24, 2.45) is 0 Å². The summed E-state index contributed by atoms with van der Waals surface area (Å²) in [4.78, 5) is 0. The van der Waals surface area contributed by atoms with Gasteiger partial charge in [-0.2, -0.15) is 0 Å². The van der Waals surface area contributed by atoms with Gasteiger partial charge in [0, 0.05) is 8.22 Å². The van der Waals surface area contributed by atoms with Crippen LogP contribution < -0.4 is 0 Å². The molecule has 0 saturated heterocycles. The van der Waals surface area contributed by atoms with Crippen LogP contribution in [0.25, 0.3) is 0 Å². The maximum Gasteiger partial charge on any atom is 0.101 e. The molecule has 0 atom stereocenters. The largest absolute Gasteiger partial charge is 0.467 e. The standard InChI is InChI=1S/C6H8O/c1-5-3-4-6(2)7-5/h3-4H,1-2H3/i1D3,2D3. The molecule has 0 aliphatic heterocycles. The summed E-state index contributed by atoms with van der Waals surface area (Å²) in [6.45, 7) is -4.77. The third-order valence-electron chi connectivity index (χ3n) is 0.606. The topological polar surface area (TPSA) is 13.1 Å². The van der Waals surface area contributed by atoms with Crippen LogP contribution in [0, 0.1) is 13.7 Å². The highest BCUT2D eigenvalue weighted by Crippen LogP contribution is 2.02. The highest BCUT2D eigenvalue weighted by molar-refractivity contribution is 5.02. The molecule has 0 aliphatic rings. The van der Waals surface area contributed by atoms with Gasteiger partial charge in [0.25, 0.3) is 0 Å². The second-order valence-electron chi connectivity index (χ2n) is 1.16. The van der Waals surface area contributed by atoms with Crippen LogP contribution in [-0.2, 0) is 0 Å². The summed E-state index contributed by atoms with van der Waals surface area (Å²) in [6, 6.07) is 2.32. The number of hydrogen-bond acceptors (Lipinski definition) is 1. The smallest absolute Gasteiger partial charge is 0.101 e. The van der Waals surface area contributed by atoms with Crippen LogP contribution in [-0.4, -0.2) is 0 Å². The minimum Gasteiger partial charge on any atom is -0.467 e. The fourth-order valence-corrected chi connectivity index (χ4v) is 0.338. The Bertz CT molecular complexity index is 264. The van der Waals surface area contributed by atoms with Crippen LogP contribution in [0.2, 0.25) is 0 Å². The number of hydrogen-bond donors (Lipinski definition) is 0. The van der Waals surface area contributed by atoms with Crippen molar-refractivity contribution in [3.8, 4) is 0 Å². The van der Waals surface area contributed by atoms with Crippen molar-refractivity contribution in [3.05, 3.63) is 23.7 Å². The van der Waals surface area contributed by atoms with E-state index in [0.29, 0.717) is 0 Å². The first kappa shape index (κ1) is 1.16. The van der Waals surface area contributed by atoms with Gasteiger partial charge in [-0.1, -0.05) is 0 Å². The molecule has 0 saturated carbocycles. The Kier molecular flexibility index (Phi) is 0.234. The van der Waals surface area contributed by atoms with Crippen molar-refractivity contribution < 1.29 is 12.6 Å². The normalized spacial score (nSPS) is 25.7. The van der Waals surface area contributed by atoms with Crippen molar-refractivity contribution in [1.82, 2.24) is 0 Å². The summed E-state index contributed by atoms with van der Waals surface area (Å²) < 4.78 is 46.4. The Balaban J connectivity index is 3.01. The summed E-state index contributed by atoms with van der Waals surface area (Å²) in [5, 5.41) is 0. The molecular formula is C6H8O. The Morgan fingerprint density at radius 3 is 2.29 bits per heavy atom.